The molecule has 1 fully saturated rings. The number of rotatable bonds is 3. The molecule has 0 unspecified atom stereocenters. The summed E-state index contributed by atoms with van der Waals surface area (Å²) in [7, 11) is -3.54. The Hall–Kier alpha value is -0.860. The Bertz CT molecular complexity index is 704. The lowest BCUT2D eigenvalue weighted by atomic mass is 10.2. The largest absolute Gasteiger partial charge is 0.467 e. The first kappa shape index (κ1) is 15.1. The molecule has 114 valence electrons. The summed E-state index contributed by atoms with van der Waals surface area (Å²) in [6.45, 7) is 2.70. The highest BCUT2D eigenvalue weighted by Gasteiger charge is 2.33. The van der Waals surface area contributed by atoms with Gasteiger partial charge in [0.1, 0.15) is 16.1 Å². The van der Waals surface area contributed by atoms with Crippen molar-refractivity contribution in [2.45, 2.75) is 17.2 Å². The number of ether oxygens (including phenoxy) is 1. The Morgan fingerprint density at radius 1 is 1.48 bits per heavy atom. The van der Waals surface area contributed by atoms with Crippen LogP contribution in [0.2, 0.25) is 4.34 Å². The SMILES string of the molecule is Cc1cc(S(=O)(=O)N2CCO[C@H](c3ccco3)C2)sc1Cl. The molecule has 0 radical (unpaired) electrons. The molecule has 0 spiro atoms. The van der Waals surface area contributed by atoms with Crippen LogP contribution in [-0.2, 0) is 14.8 Å². The van der Waals surface area contributed by atoms with Crippen LogP contribution in [0.1, 0.15) is 17.4 Å². The van der Waals surface area contributed by atoms with E-state index in [2.05, 4.69) is 0 Å². The third-order valence-electron chi connectivity index (χ3n) is 3.32. The zero-order valence-electron chi connectivity index (χ0n) is 11.3. The number of hydrogen-bond donors (Lipinski definition) is 0. The molecule has 0 N–H and O–H groups in total. The average Bonchev–Trinajstić information content (AvgIpc) is 3.10. The second kappa shape index (κ2) is 5.73. The second-order valence-corrected chi connectivity index (χ2v) is 8.58. The smallest absolute Gasteiger partial charge is 0.252 e. The summed E-state index contributed by atoms with van der Waals surface area (Å²) in [5, 5.41) is 0. The number of morpholine rings is 1. The van der Waals surface area contributed by atoms with Gasteiger partial charge in [0, 0.05) is 13.1 Å². The van der Waals surface area contributed by atoms with Crippen molar-refractivity contribution in [1.29, 1.82) is 0 Å². The Balaban J connectivity index is 1.85. The summed E-state index contributed by atoms with van der Waals surface area (Å²) in [6.07, 6.45) is 1.18. The van der Waals surface area contributed by atoms with Gasteiger partial charge in [-0.2, -0.15) is 4.31 Å². The topological polar surface area (TPSA) is 59.8 Å². The van der Waals surface area contributed by atoms with Crippen molar-refractivity contribution >= 4 is 33.0 Å². The Morgan fingerprint density at radius 3 is 2.90 bits per heavy atom. The van der Waals surface area contributed by atoms with E-state index in [0.29, 0.717) is 23.2 Å². The minimum atomic E-state index is -3.54. The second-order valence-electron chi connectivity index (χ2n) is 4.76. The van der Waals surface area contributed by atoms with Crippen molar-refractivity contribution < 1.29 is 17.6 Å². The molecule has 0 aliphatic carbocycles. The van der Waals surface area contributed by atoms with Gasteiger partial charge in [-0.25, -0.2) is 8.42 Å². The highest BCUT2D eigenvalue weighted by atomic mass is 35.5. The summed E-state index contributed by atoms with van der Waals surface area (Å²) in [5.74, 6) is 0.635. The zero-order valence-corrected chi connectivity index (χ0v) is 13.7. The van der Waals surface area contributed by atoms with Crippen LogP contribution in [-0.4, -0.2) is 32.4 Å². The van der Waals surface area contributed by atoms with E-state index >= 15 is 0 Å². The fraction of sp³-hybridized carbons (Fsp3) is 0.385. The number of thiophene rings is 1. The normalized spacial score (nSPS) is 20.8. The summed E-state index contributed by atoms with van der Waals surface area (Å²) in [5.41, 5.74) is 0.774. The molecule has 2 aromatic heterocycles. The van der Waals surface area contributed by atoms with Crippen LogP contribution in [0.4, 0.5) is 0 Å². The maximum Gasteiger partial charge on any atom is 0.252 e. The number of halogens is 1. The van der Waals surface area contributed by atoms with Gasteiger partial charge in [0.15, 0.2) is 0 Å². The molecule has 2 aromatic rings. The molecule has 0 amide bonds. The molecule has 0 bridgehead atoms. The van der Waals surface area contributed by atoms with Crippen LogP contribution >= 0.6 is 22.9 Å². The lowest BCUT2D eigenvalue weighted by molar-refractivity contribution is -0.0142. The molecule has 5 nitrogen and oxygen atoms in total. The summed E-state index contributed by atoms with van der Waals surface area (Å²) in [6, 6.07) is 5.15. The van der Waals surface area contributed by atoms with Gasteiger partial charge in [-0.1, -0.05) is 11.6 Å². The van der Waals surface area contributed by atoms with E-state index in [1.807, 2.05) is 0 Å². The number of hydrogen-bond acceptors (Lipinski definition) is 5. The Kier molecular flexibility index (Phi) is 4.11. The molecule has 0 aromatic carbocycles. The predicted molar refractivity (Wildman–Crippen MR) is 80.2 cm³/mol. The van der Waals surface area contributed by atoms with Gasteiger partial charge in [-0.05, 0) is 30.7 Å². The van der Waals surface area contributed by atoms with E-state index in [4.69, 9.17) is 20.8 Å². The molecule has 8 heteroatoms. The van der Waals surface area contributed by atoms with Crippen LogP contribution in [0, 0.1) is 6.92 Å². The van der Waals surface area contributed by atoms with E-state index in [0.717, 1.165) is 16.9 Å². The molecule has 3 rings (SSSR count). The van der Waals surface area contributed by atoms with Gasteiger partial charge in [-0.3, -0.25) is 0 Å². The minimum absolute atomic E-state index is 0.240. The lowest BCUT2D eigenvalue weighted by Gasteiger charge is -2.30. The first-order valence-electron chi connectivity index (χ1n) is 6.39. The van der Waals surface area contributed by atoms with E-state index in [9.17, 15) is 8.42 Å². The van der Waals surface area contributed by atoms with E-state index < -0.39 is 10.0 Å². The minimum Gasteiger partial charge on any atom is -0.467 e. The third-order valence-corrected chi connectivity index (χ3v) is 7.19. The molecule has 1 aliphatic heterocycles. The lowest BCUT2D eigenvalue weighted by Crippen LogP contribution is -2.41. The van der Waals surface area contributed by atoms with Gasteiger partial charge in [0.2, 0.25) is 0 Å². The third kappa shape index (κ3) is 2.89. The van der Waals surface area contributed by atoms with Crippen LogP contribution in [0.3, 0.4) is 0 Å². The number of furan rings is 1. The number of aryl methyl sites for hydroxylation is 1. The molecule has 1 atom stereocenters. The molecule has 3 heterocycles. The van der Waals surface area contributed by atoms with Crippen molar-refractivity contribution in [3.8, 4) is 0 Å². The van der Waals surface area contributed by atoms with Gasteiger partial charge in [0.05, 0.1) is 17.2 Å². The van der Waals surface area contributed by atoms with E-state index in [1.54, 1.807) is 31.4 Å². The summed E-state index contributed by atoms with van der Waals surface area (Å²) < 4.78 is 38.4. The maximum absolute atomic E-state index is 12.7. The van der Waals surface area contributed by atoms with Crippen LogP contribution in [0.15, 0.2) is 33.1 Å². The molecule has 1 saturated heterocycles. The molecular weight excluding hydrogens is 334 g/mol. The van der Waals surface area contributed by atoms with Crippen LogP contribution in [0.5, 0.6) is 0 Å². The van der Waals surface area contributed by atoms with Gasteiger partial charge >= 0.3 is 0 Å². The van der Waals surface area contributed by atoms with Gasteiger partial charge in [-0.15, -0.1) is 11.3 Å². The monoisotopic (exact) mass is 347 g/mol. The van der Waals surface area contributed by atoms with Crippen LogP contribution < -0.4 is 0 Å². The molecular formula is C13H14ClNO4S2. The first-order valence-corrected chi connectivity index (χ1v) is 9.03. The predicted octanol–water partition coefficient (Wildman–Crippen LogP) is 3.07. The molecule has 21 heavy (non-hydrogen) atoms. The highest BCUT2D eigenvalue weighted by Crippen LogP contribution is 2.34. The fourth-order valence-electron chi connectivity index (χ4n) is 2.18. The van der Waals surface area contributed by atoms with E-state index in [-0.39, 0.29) is 16.9 Å². The Labute approximate surface area is 132 Å². The summed E-state index contributed by atoms with van der Waals surface area (Å²) in [4.78, 5) is 0. The van der Waals surface area contributed by atoms with Gasteiger partial charge < -0.3 is 9.15 Å². The zero-order chi connectivity index (χ0) is 15.0. The maximum atomic E-state index is 12.7. The van der Waals surface area contributed by atoms with Crippen molar-refractivity contribution in [3.63, 3.8) is 0 Å². The van der Waals surface area contributed by atoms with E-state index in [1.165, 1.54) is 4.31 Å². The quantitative estimate of drug-likeness (QED) is 0.856. The van der Waals surface area contributed by atoms with Crippen molar-refractivity contribution in [2.24, 2.45) is 0 Å². The molecule has 1 aliphatic rings. The Morgan fingerprint density at radius 2 is 2.29 bits per heavy atom. The number of sulfonamides is 1. The van der Waals surface area contributed by atoms with Crippen molar-refractivity contribution in [3.05, 3.63) is 40.1 Å². The number of nitrogens with zero attached hydrogens (tertiary/aromatic N) is 1. The summed E-state index contributed by atoms with van der Waals surface area (Å²) >= 11 is 7.07. The van der Waals surface area contributed by atoms with Crippen LogP contribution in [0.25, 0.3) is 0 Å². The van der Waals surface area contributed by atoms with Gasteiger partial charge in [0.25, 0.3) is 10.0 Å². The van der Waals surface area contributed by atoms with Crippen molar-refractivity contribution in [1.82, 2.24) is 4.31 Å². The first-order chi connectivity index (χ1) is 9.98. The average molecular weight is 348 g/mol. The van der Waals surface area contributed by atoms with Crippen molar-refractivity contribution in [2.75, 3.05) is 19.7 Å². The fourth-order valence-corrected chi connectivity index (χ4v) is 5.46. The standard InChI is InChI=1S/C13H14ClNO4S2/c1-9-7-12(20-13(9)14)21(16,17)15-4-6-19-11(8-15)10-3-2-5-18-10/h2-3,5,7,11H,4,6,8H2,1H3/t11-/m0/s1. The molecule has 0 saturated carbocycles. The highest BCUT2D eigenvalue weighted by molar-refractivity contribution is 7.91.